The largest absolute Gasteiger partial charge is 0.366 e. The molecule has 0 bridgehead atoms. The predicted molar refractivity (Wildman–Crippen MR) is 122 cm³/mol. The first kappa shape index (κ1) is 18.6. The number of aromatic nitrogens is 3. The summed E-state index contributed by atoms with van der Waals surface area (Å²) >= 11 is 1.40. The number of thiazole rings is 1. The summed E-state index contributed by atoms with van der Waals surface area (Å²) in [5.41, 5.74) is 4.37. The second-order valence-electron chi connectivity index (χ2n) is 7.38. The molecule has 7 heteroatoms. The Hall–Kier alpha value is -3.45. The van der Waals surface area contributed by atoms with E-state index in [0.29, 0.717) is 10.8 Å². The van der Waals surface area contributed by atoms with Gasteiger partial charge in [0.25, 0.3) is 5.91 Å². The highest BCUT2D eigenvalue weighted by atomic mass is 32.1. The van der Waals surface area contributed by atoms with Crippen molar-refractivity contribution in [2.24, 2.45) is 0 Å². The number of anilines is 2. The van der Waals surface area contributed by atoms with Crippen molar-refractivity contribution in [3.8, 4) is 5.13 Å². The molecule has 0 radical (unpaired) electrons. The van der Waals surface area contributed by atoms with E-state index in [1.165, 1.54) is 16.9 Å². The van der Waals surface area contributed by atoms with Crippen LogP contribution in [0.2, 0.25) is 0 Å². The van der Waals surface area contributed by atoms with Crippen LogP contribution in [0.4, 0.5) is 11.4 Å². The second kappa shape index (κ2) is 7.76. The molecular weight excluding hydrogens is 394 g/mol. The van der Waals surface area contributed by atoms with Gasteiger partial charge in [-0.2, -0.15) is 5.10 Å². The molecule has 1 aliphatic rings. The summed E-state index contributed by atoms with van der Waals surface area (Å²) in [6.07, 6.45) is 3.95. The Morgan fingerprint density at radius 2 is 1.97 bits per heavy atom. The monoisotopic (exact) mass is 415 g/mol. The lowest BCUT2D eigenvalue weighted by molar-refractivity contribution is 0.102. The lowest BCUT2D eigenvalue weighted by Gasteiger charge is -2.31. The van der Waals surface area contributed by atoms with Crippen LogP contribution in [-0.2, 0) is 0 Å². The van der Waals surface area contributed by atoms with Gasteiger partial charge in [-0.1, -0.05) is 42.5 Å². The fourth-order valence-corrected chi connectivity index (χ4v) is 4.56. The van der Waals surface area contributed by atoms with E-state index < -0.39 is 0 Å². The van der Waals surface area contributed by atoms with Crippen molar-refractivity contribution in [2.45, 2.75) is 12.8 Å². The van der Waals surface area contributed by atoms with E-state index >= 15 is 0 Å². The molecule has 1 fully saturated rings. The van der Waals surface area contributed by atoms with Crippen molar-refractivity contribution in [3.63, 3.8) is 0 Å². The van der Waals surface area contributed by atoms with Gasteiger partial charge in [0, 0.05) is 23.9 Å². The van der Waals surface area contributed by atoms with Crippen LogP contribution in [0.1, 0.15) is 23.3 Å². The number of amides is 1. The summed E-state index contributed by atoms with van der Waals surface area (Å²) in [4.78, 5) is 19.7. The van der Waals surface area contributed by atoms with E-state index in [1.807, 2.05) is 48.5 Å². The number of rotatable bonds is 4. The van der Waals surface area contributed by atoms with E-state index in [0.717, 1.165) is 48.2 Å². The summed E-state index contributed by atoms with van der Waals surface area (Å²) in [5.74, 6) is -0.225. The zero-order valence-corrected chi connectivity index (χ0v) is 17.2. The van der Waals surface area contributed by atoms with E-state index in [9.17, 15) is 4.79 Å². The zero-order chi connectivity index (χ0) is 20.5. The van der Waals surface area contributed by atoms with Gasteiger partial charge in [-0.15, -0.1) is 11.3 Å². The number of nitrogens with zero attached hydrogens (tertiary/aromatic N) is 4. The molecule has 3 heterocycles. The Morgan fingerprint density at radius 3 is 2.87 bits per heavy atom. The van der Waals surface area contributed by atoms with Gasteiger partial charge >= 0.3 is 0 Å². The third-order valence-corrected chi connectivity index (χ3v) is 6.07. The maximum absolute atomic E-state index is 12.9. The SMILES string of the molecule is C=C1CCCN(c2ccccc2NC(=O)c2csc(-n3ncc4ccccc43)n2)C1. The average Bonchev–Trinajstić information content (AvgIpc) is 3.41. The highest BCUT2D eigenvalue weighted by Gasteiger charge is 2.19. The molecule has 2 aromatic carbocycles. The first-order chi connectivity index (χ1) is 14.7. The Labute approximate surface area is 178 Å². The number of benzene rings is 2. The lowest BCUT2D eigenvalue weighted by atomic mass is 10.1. The molecule has 150 valence electrons. The van der Waals surface area contributed by atoms with E-state index in [-0.39, 0.29) is 5.91 Å². The van der Waals surface area contributed by atoms with Crippen molar-refractivity contribution < 1.29 is 4.79 Å². The van der Waals surface area contributed by atoms with Gasteiger partial charge in [-0.3, -0.25) is 4.79 Å². The number of hydrogen-bond acceptors (Lipinski definition) is 5. The molecule has 1 aliphatic heterocycles. The molecule has 30 heavy (non-hydrogen) atoms. The number of carbonyl (C=O) groups is 1. The number of piperidine rings is 1. The van der Waals surface area contributed by atoms with Gasteiger partial charge in [-0.25, -0.2) is 9.67 Å². The number of para-hydroxylation sites is 3. The summed E-state index contributed by atoms with van der Waals surface area (Å²) < 4.78 is 1.77. The van der Waals surface area contributed by atoms with Gasteiger partial charge < -0.3 is 10.2 Å². The molecule has 6 nitrogen and oxygen atoms in total. The standard InChI is InChI=1S/C23H21N5OS/c1-16-7-6-12-27(14-16)21-11-5-3-9-18(21)25-22(29)19-15-30-23(26-19)28-20-10-4-2-8-17(20)13-24-28/h2-5,8-11,13,15H,1,6-7,12,14H2,(H,25,29). The number of hydrogen-bond donors (Lipinski definition) is 1. The number of carbonyl (C=O) groups excluding carboxylic acids is 1. The van der Waals surface area contributed by atoms with E-state index in [4.69, 9.17) is 0 Å². The summed E-state index contributed by atoms with van der Waals surface area (Å²) in [7, 11) is 0. The summed E-state index contributed by atoms with van der Waals surface area (Å²) in [6.45, 7) is 5.91. The van der Waals surface area contributed by atoms with Crippen molar-refractivity contribution >= 4 is 39.5 Å². The molecule has 1 saturated heterocycles. The minimum Gasteiger partial charge on any atom is -0.366 e. The van der Waals surface area contributed by atoms with Crippen LogP contribution in [0.25, 0.3) is 16.0 Å². The van der Waals surface area contributed by atoms with Crippen molar-refractivity contribution in [1.29, 1.82) is 0 Å². The maximum atomic E-state index is 12.9. The molecule has 1 N–H and O–H groups in total. The minimum absolute atomic E-state index is 0.225. The molecule has 5 rings (SSSR count). The molecule has 0 atom stereocenters. The van der Waals surface area contributed by atoms with Gasteiger partial charge in [0.2, 0.25) is 5.13 Å². The quantitative estimate of drug-likeness (QED) is 0.482. The molecule has 0 spiro atoms. The van der Waals surface area contributed by atoms with Crippen LogP contribution in [-0.4, -0.2) is 33.8 Å². The first-order valence-electron chi connectivity index (χ1n) is 9.90. The average molecular weight is 416 g/mol. The fourth-order valence-electron chi connectivity index (χ4n) is 3.79. The Morgan fingerprint density at radius 1 is 1.13 bits per heavy atom. The highest BCUT2D eigenvalue weighted by molar-refractivity contribution is 7.12. The first-order valence-corrected chi connectivity index (χ1v) is 10.8. The van der Waals surface area contributed by atoms with Crippen molar-refractivity contribution in [2.75, 3.05) is 23.3 Å². The third kappa shape index (κ3) is 3.48. The van der Waals surface area contributed by atoms with Crippen LogP contribution in [0.15, 0.2) is 72.3 Å². The molecule has 2 aromatic heterocycles. The molecule has 0 unspecified atom stereocenters. The smallest absolute Gasteiger partial charge is 0.275 e. The minimum atomic E-state index is -0.225. The zero-order valence-electron chi connectivity index (χ0n) is 16.4. The molecule has 0 saturated carbocycles. The number of nitrogens with one attached hydrogen (secondary N) is 1. The van der Waals surface area contributed by atoms with Gasteiger partial charge in [-0.05, 0) is 31.0 Å². The van der Waals surface area contributed by atoms with Gasteiger partial charge in [0.1, 0.15) is 5.69 Å². The van der Waals surface area contributed by atoms with Gasteiger partial charge in [0.05, 0.1) is 23.1 Å². The lowest BCUT2D eigenvalue weighted by Crippen LogP contribution is -2.31. The Bertz CT molecular complexity index is 1240. The van der Waals surface area contributed by atoms with E-state index in [1.54, 1.807) is 16.3 Å². The van der Waals surface area contributed by atoms with Crippen molar-refractivity contribution in [3.05, 3.63) is 78.0 Å². The van der Waals surface area contributed by atoms with Crippen LogP contribution >= 0.6 is 11.3 Å². The Balaban J connectivity index is 1.39. The van der Waals surface area contributed by atoms with Crippen LogP contribution < -0.4 is 10.2 Å². The normalized spacial score (nSPS) is 14.3. The fraction of sp³-hybridized carbons (Fsp3) is 0.174. The van der Waals surface area contributed by atoms with Crippen molar-refractivity contribution in [1.82, 2.24) is 14.8 Å². The Kier molecular flexibility index (Phi) is 4.80. The predicted octanol–water partition coefficient (Wildman–Crippen LogP) is 4.89. The van der Waals surface area contributed by atoms with Crippen LogP contribution in [0.3, 0.4) is 0 Å². The van der Waals surface area contributed by atoms with E-state index in [2.05, 4.69) is 26.9 Å². The highest BCUT2D eigenvalue weighted by Crippen LogP contribution is 2.30. The molecule has 0 aliphatic carbocycles. The third-order valence-electron chi connectivity index (χ3n) is 5.25. The maximum Gasteiger partial charge on any atom is 0.275 e. The van der Waals surface area contributed by atoms with Gasteiger partial charge in [0.15, 0.2) is 0 Å². The van der Waals surface area contributed by atoms with Crippen LogP contribution in [0, 0.1) is 0 Å². The topological polar surface area (TPSA) is 63.1 Å². The second-order valence-corrected chi connectivity index (χ2v) is 8.21. The molecular formula is C23H21N5OS. The number of fused-ring (bicyclic) bond motifs is 1. The summed E-state index contributed by atoms with van der Waals surface area (Å²) in [6, 6.07) is 15.8. The van der Waals surface area contributed by atoms with Crippen LogP contribution in [0.5, 0.6) is 0 Å². The molecule has 4 aromatic rings. The summed E-state index contributed by atoms with van der Waals surface area (Å²) in [5, 5.41) is 10.9. The molecule has 1 amide bonds.